The maximum absolute atomic E-state index is 6.80. The van der Waals surface area contributed by atoms with Crippen LogP contribution in [0.1, 0.15) is 0 Å². The lowest BCUT2D eigenvalue weighted by molar-refractivity contribution is 0.0289. The third-order valence-electron chi connectivity index (χ3n) is 4.56. The summed E-state index contributed by atoms with van der Waals surface area (Å²) >= 11 is 0. The van der Waals surface area contributed by atoms with Crippen molar-refractivity contribution < 1.29 is 49.4 Å². The molecule has 0 amide bonds. The lowest BCUT2D eigenvalue weighted by Crippen LogP contribution is -2.80. The van der Waals surface area contributed by atoms with Gasteiger partial charge >= 0.3 is 74.8 Å². The van der Waals surface area contributed by atoms with Gasteiger partial charge in [-0.3, -0.25) is 0 Å². The fraction of sp³-hybridized carbons (Fsp3) is 0. The highest BCUT2D eigenvalue weighted by molar-refractivity contribution is 6.98. The lowest BCUT2D eigenvalue weighted by atomic mass is 10.4. The van der Waals surface area contributed by atoms with E-state index in [0.29, 0.717) is 10.4 Å². The zero-order valence-corrected chi connectivity index (χ0v) is 23.7. The smallest absolute Gasteiger partial charge is 0.369 e. The van der Waals surface area contributed by atoms with Crippen LogP contribution in [0.3, 0.4) is 0 Å². The van der Waals surface area contributed by atoms with Crippen molar-refractivity contribution in [2.24, 2.45) is 0 Å². The number of hydrogen-bond acceptors (Lipinski definition) is 12. The summed E-state index contributed by atoms with van der Waals surface area (Å²) in [6.45, 7) is 0. The van der Waals surface area contributed by atoms with Crippen LogP contribution in [0.5, 0.6) is 0 Å². The van der Waals surface area contributed by atoms with Gasteiger partial charge in [0, 0.05) is 10.4 Å². The van der Waals surface area contributed by atoms with E-state index in [9.17, 15) is 0 Å². The molecule has 8 rings (SSSR count). The molecular formula is C12H10O12Si8. The molecule has 0 spiro atoms. The average Bonchev–Trinajstić information content (AvgIpc) is 2.71. The molecule has 6 radical (unpaired) electrons. The maximum atomic E-state index is 6.80. The molecule has 6 aliphatic heterocycles. The van der Waals surface area contributed by atoms with E-state index in [1.807, 2.05) is 60.7 Å². The molecule has 20 heteroatoms. The van der Waals surface area contributed by atoms with E-state index < -0.39 is 74.8 Å². The van der Waals surface area contributed by atoms with Gasteiger partial charge in [-0.05, 0) is 0 Å². The van der Waals surface area contributed by atoms with Crippen molar-refractivity contribution in [2.45, 2.75) is 0 Å². The Kier molecular flexibility index (Phi) is 5.34. The van der Waals surface area contributed by atoms with E-state index >= 15 is 0 Å². The van der Waals surface area contributed by atoms with E-state index in [0.717, 1.165) is 0 Å². The average molecular weight is 571 g/mol. The molecule has 6 saturated heterocycles. The third-order valence-corrected chi connectivity index (χ3v) is 25.1. The van der Waals surface area contributed by atoms with Crippen LogP contribution in [0.15, 0.2) is 60.7 Å². The highest BCUT2D eigenvalue weighted by Crippen LogP contribution is 2.33. The second-order valence-electron chi connectivity index (χ2n) is 6.57. The zero-order valence-electron chi connectivity index (χ0n) is 15.7. The van der Waals surface area contributed by atoms with Crippen molar-refractivity contribution in [2.75, 3.05) is 0 Å². The van der Waals surface area contributed by atoms with Crippen molar-refractivity contribution in [3.8, 4) is 0 Å². The first-order valence-electron chi connectivity index (χ1n) is 9.22. The number of hydrogen-bond donors (Lipinski definition) is 0. The van der Waals surface area contributed by atoms with Gasteiger partial charge in [-0.25, -0.2) is 0 Å². The maximum Gasteiger partial charge on any atom is 0.553 e. The molecule has 2 aromatic rings. The van der Waals surface area contributed by atoms with Crippen LogP contribution in [0.4, 0.5) is 0 Å². The molecule has 32 heavy (non-hydrogen) atoms. The summed E-state index contributed by atoms with van der Waals surface area (Å²) in [7, 11) is -22.2. The van der Waals surface area contributed by atoms with E-state index in [4.69, 9.17) is 49.4 Å². The Bertz CT molecular complexity index is 887. The first-order chi connectivity index (χ1) is 15.7. The van der Waals surface area contributed by atoms with Crippen molar-refractivity contribution in [1.29, 1.82) is 0 Å². The SMILES string of the molecule is c1ccc([Si]23O[Si]4O[Si]5O[Si]6O[Si](O4)O[Si](c4ccccc4)(O[Si](O6)O[Si](O5)O2)O3)cc1. The fourth-order valence-electron chi connectivity index (χ4n) is 3.23. The second-order valence-corrected chi connectivity index (χ2v) is 22.7. The molecule has 162 valence electrons. The van der Waals surface area contributed by atoms with Crippen LogP contribution in [0, 0.1) is 0 Å². The van der Waals surface area contributed by atoms with Crippen LogP contribution in [0.2, 0.25) is 0 Å². The van der Waals surface area contributed by atoms with Gasteiger partial charge in [0.1, 0.15) is 0 Å². The molecule has 2 aromatic carbocycles. The van der Waals surface area contributed by atoms with Gasteiger partial charge in [0.2, 0.25) is 0 Å². The molecular weight excluding hydrogens is 561 g/mol. The van der Waals surface area contributed by atoms with Crippen LogP contribution < -0.4 is 10.4 Å². The fourth-order valence-corrected chi connectivity index (χ4v) is 29.0. The quantitative estimate of drug-likeness (QED) is 0.367. The summed E-state index contributed by atoms with van der Waals surface area (Å²) in [6, 6.07) is 18.6. The predicted molar refractivity (Wildman–Crippen MR) is 111 cm³/mol. The minimum absolute atomic E-state index is 0.674. The first kappa shape index (κ1) is 21.0. The Morgan fingerprint density at radius 1 is 0.406 bits per heavy atom. The molecule has 6 aliphatic rings. The van der Waals surface area contributed by atoms with Crippen molar-refractivity contribution in [3.63, 3.8) is 0 Å². The molecule has 0 aliphatic carbocycles. The van der Waals surface area contributed by atoms with Crippen LogP contribution in [-0.2, 0) is 49.4 Å². The largest absolute Gasteiger partial charge is 0.553 e. The molecule has 0 atom stereocenters. The van der Waals surface area contributed by atoms with Gasteiger partial charge in [0.15, 0.2) is 0 Å². The molecule has 0 unspecified atom stereocenters. The Morgan fingerprint density at radius 2 is 0.719 bits per heavy atom. The van der Waals surface area contributed by atoms with Crippen molar-refractivity contribution >= 4 is 85.1 Å². The Morgan fingerprint density at radius 3 is 1.09 bits per heavy atom. The van der Waals surface area contributed by atoms with Gasteiger partial charge in [0.25, 0.3) is 0 Å². The van der Waals surface area contributed by atoms with Gasteiger partial charge in [-0.1, -0.05) is 60.7 Å². The molecule has 0 saturated carbocycles. The minimum atomic E-state index is -3.79. The molecule has 8 bridgehead atoms. The third kappa shape index (κ3) is 3.66. The van der Waals surface area contributed by atoms with E-state index in [-0.39, 0.29) is 0 Å². The Balaban J connectivity index is 1.45. The van der Waals surface area contributed by atoms with Gasteiger partial charge in [-0.15, -0.1) is 0 Å². The summed E-state index contributed by atoms with van der Waals surface area (Å²) in [5.74, 6) is 0. The van der Waals surface area contributed by atoms with Crippen LogP contribution in [-0.4, -0.2) is 74.8 Å². The lowest BCUT2D eigenvalue weighted by Gasteiger charge is -2.49. The highest BCUT2D eigenvalue weighted by Gasteiger charge is 2.70. The second kappa shape index (κ2) is 8.13. The monoisotopic (exact) mass is 570 g/mol. The molecule has 0 aromatic heterocycles. The van der Waals surface area contributed by atoms with Crippen molar-refractivity contribution in [3.05, 3.63) is 60.7 Å². The van der Waals surface area contributed by atoms with Gasteiger partial charge < -0.3 is 49.4 Å². The summed E-state index contributed by atoms with van der Waals surface area (Å²) in [5, 5.41) is 1.35. The number of benzene rings is 2. The Labute approximate surface area is 194 Å². The molecule has 12 nitrogen and oxygen atoms in total. The molecule has 6 heterocycles. The van der Waals surface area contributed by atoms with Crippen molar-refractivity contribution in [1.82, 2.24) is 0 Å². The standard InChI is InChI=1S/C12H10O12Si8/c1-3-7-11(8-4-1)31-20-27-14-25-13-26-16-29(18-27)22-32(24-31,12-9-5-2-6-10-12)23-30(17-26)19-28(15-25)21-31/h1-10H. The van der Waals surface area contributed by atoms with Crippen LogP contribution >= 0.6 is 0 Å². The predicted octanol–water partition coefficient (Wildman–Crippen LogP) is -2.14. The van der Waals surface area contributed by atoms with Crippen LogP contribution in [0.25, 0.3) is 0 Å². The highest BCUT2D eigenvalue weighted by atomic mass is 28.6. The van der Waals surface area contributed by atoms with E-state index in [2.05, 4.69) is 0 Å². The summed E-state index contributed by atoms with van der Waals surface area (Å²) < 4.78 is 74.5. The van der Waals surface area contributed by atoms with E-state index in [1.54, 1.807) is 0 Å². The Hall–Kier alpha value is -0.305. The van der Waals surface area contributed by atoms with E-state index in [1.165, 1.54) is 0 Å². The molecule has 0 N–H and O–H groups in total. The summed E-state index contributed by atoms with van der Waals surface area (Å²) in [4.78, 5) is 0. The summed E-state index contributed by atoms with van der Waals surface area (Å²) in [5.41, 5.74) is 0. The first-order valence-corrected chi connectivity index (χ1v) is 20.0. The molecule has 6 fully saturated rings. The number of rotatable bonds is 2. The zero-order chi connectivity index (χ0) is 21.2. The topological polar surface area (TPSA) is 111 Å². The van der Waals surface area contributed by atoms with Gasteiger partial charge in [-0.2, -0.15) is 0 Å². The summed E-state index contributed by atoms with van der Waals surface area (Å²) in [6.07, 6.45) is 0. The van der Waals surface area contributed by atoms with Gasteiger partial charge in [0.05, 0.1) is 0 Å². The minimum Gasteiger partial charge on any atom is -0.369 e. The normalized spacial score (nSPS) is 34.8.